The molecule has 116 valence electrons. The standard InChI is InChI=1S/C17H27N3O/c1-17(2,3)13-8-10-20(12-13)11-9-16(21)19-15-6-4-14(18)5-7-15/h4-7,13H,8-12,18H2,1-3H3,(H,19,21). The molecule has 1 fully saturated rings. The lowest BCUT2D eigenvalue weighted by Gasteiger charge is -2.27. The maximum Gasteiger partial charge on any atom is 0.225 e. The number of carbonyl (C=O) groups is 1. The van der Waals surface area contributed by atoms with Crippen molar-refractivity contribution >= 4 is 17.3 Å². The fraction of sp³-hybridized carbons (Fsp3) is 0.588. The minimum Gasteiger partial charge on any atom is -0.399 e. The molecule has 0 bridgehead atoms. The smallest absolute Gasteiger partial charge is 0.225 e. The van der Waals surface area contributed by atoms with Crippen molar-refractivity contribution in [2.24, 2.45) is 11.3 Å². The Balaban J connectivity index is 1.74. The highest BCUT2D eigenvalue weighted by Gasteiger charge is 2.31. The number of anilines is 2. The summed E-state index contributed by atoms with van der Waals surface area (Å²) >= 11 is 0. The average Bonchev–Trinajstić information content (AvgIpc) is 2.88. The van der Waals surface area contributed by atoms with Crippen LogP contribution in [0.25, 0.3) is 0 Å². The molecule has 1 aliphatic rings. The van der Waals surface area contributed by atoms with Crippen molar-refractivity contribution in [2.45, 2.75) is 33.6 Å². The van der Waals surface area contributed by atoms with Crippen LogP contribution in [0.3, 0.4) is 0 Å². The van der Waals surface area contributed by atoms with E-state index in [-0.39, 0.29) is 5.91 Å². The Bertz CT molecular complexity index is 476. The second kappa shape index (κ2) is 6.48. The van der Waals surface area contributed by atoms with Gasteiger partial charge in [0, 0.05) is 30.9 Å². The second-order valence-electron chi connectivity index (χ2n) is 7.07. The molecule has 0 saturated carbocycles. The van der Waals surface area contributed by atoms with Crippen LogP contribution >= 0.6 is 0 Å². The molecule has 1 unspecified atom stereocenters. The molecule has 1 amide bonds. The van der Waals surface area contributed by atoms with E-state index in [1.807, 2.05) is 12.1 Å². The summed E-state index contributed by atoms with van der Waals surface area (Å²) in [6, 6.07) is 7.26. The van der Waals surface area contributed by atoms with Gasteiger partial charge < -0.3 is 16.0 Å². The van der Waals surface area contributed by atoms with Gasteiger partial charge >= 0.3 is 0 Å². The van der Waals surface area contributed by atoms with E-state index in [1.54, 1.807) is 12.1 Å². The van der Waals surface area contributed by atoms with Gasteiger partial charge in [0.05, 0.1) is 0 Å². The molecule has 4 nitrogen and oxygen atoms in total. The first-order valence-electron chi connectivity index (χ1n) is 7.72. The van der Waals surface area contributed by atoms with Gasteiger partial charge in [0.1, 0.15) is 0 Å². The van der Waals surface area contributed by atoms with E-state index in [0.717, 1.165) is 31.2 Å². The van der Waals surface area contributed by atoms with Crippen LogP contribution in [-0.2, 0) is 4.79 Å². The maximum atomic E-state index is 12.0. The van der Waals surface area contributed by atoms with E-state index in [0.29, 0.717) is 17.5 Å². The van der Waals surface area contributed by atoms with Crippen molar-refractivity contribution in [1.82, 2.24) is 4.90 Å². The zero-order chi connectivity index (χ0) is 15.5. The largest absolute Gasteiger partial charge is 0.399 e. The highest BCUT2D eigenvalue weighted by molar-refractivity contribution is 5.90. The maximum absolute atomic E-state index is 12.0. The van der Waals surface area contributed by atoms with E-state index >= 15 is 0 Å². The first kappa shape index (κ1) is 15.8. The third-order valence-corrected chi connectivity index (χ3v) is 4.35. The number of likely N-dealkylation sites (tertiary alicyclic amines) is 1. The van der Waals surface area contributed by atoms with Crippen LogP contribution in [0.1, 0.15) is 33.6 Å². The van der Waals surface area contributed by atoms with Gasteiger partial charge in [-0.2, -0.15) is 0 Å². The Hall–Kier alpha value is -1.55. The van der Waals surface area contributed by atoms with Crippen molar-refractivity contribution in [3.05, 3.63) is 24.3 Å². The van der Waals surface area contributed by atoms with Gasteiger partial charge in [0.25, 0.3) is 0 Å². The van der Waals surface area contributed by atoms with Gasteiger partial charge in [-0.05, 0) is 48.6 Å². The Morgan fingerprint density at radius 1 is 1.33 bits per heavy atom. The number of nitrogens with zero attached hydrogens (tertiary/aromatic N) is 1. The molecule has 1 heterocycles. The highest BCUT2D eigenvalue weighted by atomic mass is 16.1. The summed E-state index contributed by atoms with van der Waals surface area (Å²) in [6.07, 6.45) is 1.78. The molecule has 1 atom stereocenters. The fourth-order valence-electron chi connectivity index (χ4n) is 2.79. The van der Waals surface area contributed by atoms with E-state index < -0.39 is 0 Å². The predicted octanol–water partition coefficient (Wildman–Crippen LogP) is 2.97. The molecular formula is C17H27N3O. The van der Waals surface area contributed by atoms with Crippen molar-refractivity contribution in [3.63, 3.8) is 0 Å². The fourth-order valence-corrected chi connectivity index (χ4v) is 2.79. The average molecular weight is 289 g/mol. The zero-order valence-electron chi connectivity index (χ0n) is 13.4. The minimum absolute atomic E-state index is 0.0685. The number of benzene rings is 1. The van der Waals surface area contributed by atoms with Crippen molar-refractivity contribution in [3.8, 4) is 0 Å². The lowest BCUT2D eigenvalue weighted by molar-refractivity contribution is -0.116. The van der Waals surface area contributed by atoms with Crippen LogP contribution in [0, 0.1) is 11.3 Å². The summed E-state index contributed by atoms with van der Waals surface area (Å²) in [5.74, 6) is 0.802. The SMILES string of the molecule is CC(C)(C)C1CCN(CCC(=O)Nc2ccc(N)cc2)C1. The molecule has 1 aromatic carbocycles. The molecule has 0 spiro atoms. The topological polar surface area (TPSA) is 58.4 Å². The quantitative estimate of drug-likeness (QED) is 0.838. The van der Waals surface area contributed by atoms with Crippen LogP contribution < -0.4 is 11.1 Å². The molecule has 21 heavy (non-hydrogen) atoms. The number of nitrogens with one attached hydrogen (secondary N) is 1. The first-order valence-corrected chi connectivity index (χ1v) is 7.72. The summed E-state index contributed by atoms with van der Waals surface area (Å²) in [4.78, 5) is 14.4. The van der Waals surface area contributed by atoms with Gasteiger partial charge in [-0.1, -0.05) is 20.8 Å². The van der Waals surface area contributed by atoms with Crippen molar-refractivity contribution in [1.29, 1.82) is 0 Å². The number of hydrogen-bond donors (Lipinski definition) is 2. The molecule has 0 aromatic heterocycles. The van der Waals surface area contributed by atoms with E-state index in [4.69, 9.17) is 5.73 Å². The summed E-state index contributed by atoms with van der Waals surface area (Å²) in [6.45, 7) is 9.96. The molecule has 1 aromatic rings. The molecule has 4 heteroatoms. The molecule has 0 aliphatic carbocycles. The zero-order valence-corrected chi connectivity index (χ0v) is 13.4. The second-order valence-corrected chi connectivity index (χ2v) is 7.07. The third-order valence-electron chi connectivity index (χ3n) is 4.35. The van der Waals surface area contributed by atoms with Gasteiger partial charge in [-0.3, -0.25) is 4.79 Å². The van der Waals surface area contributed by atoms with Crippen LogP contribution in [0.2, 0.25) is 0 Å². The monoisotopic (exact) mass is 289 g/mol. The number of amides is 1. The first-order chi connectivity index (χ1) is 9.84. The van der Waals surface area contributed by atoms with E-state index in [2.05, 4.69) is 31.0 Å². The Labute approximate surface area is 127 Å². The number of carbonyl (C=O) groups excluding carboxylic acids is 1. The van der Waals surface area contributed by atoms with Crippen LogP contribution in [0.4, 0.5) is 11.4 Å². The van der Waals surface area contributed by atoms with Gasteiger partial charge in [0.2, 0.25) is 5.91 Å². The number of nitrogen functional groups attached to an aromatic ring is 1. The molecule has 3 N–H and O–H groups in total. The highest BCUT2D eigenvalue weighted by Crippen LogP contribution is 2.33. The molecule has 1 aliphatic heterocycles. The summed E-state index contributed by atoms with van der Waals surface area (Å²) in [7, 11) is 0. The number of rotatable bonds is 4. The van der Waals surface area contributed by atoms with E-state index in [9.17, 15) is 4.79 Å². The van der Waals surface area contributed by atoms with Gasteiger partial charge in [-0.15, -0.1) is 0 Å². The Morgan fingerprint density at radius 3 is 2.57 bits per heavy atom. The van der Waals surface area contributed by atoms with E-state index in [1.165, 1.54) is 6.42 Å². The van der Waals surface area contributed by atoms with Crippen molar-refractivity contribution < 1.29 is 4.79 Å². The Kier molecular flexibility index (Phi) is 4.88. The summed E-state index contributed by atoms with van der Waals surface area (Å²) in [5.41, 5.74) is 7.50. The predicted molar refractivity (Wildman–Crippen MR) is 88.1 cm³/mol. The summed E-state index contributed by atoms with van der Waals surface area (Å²) in [5, 5.41) is 2.91. The van der Waals surface area contributed by atoms with Gasteiger partial charge in [-0.25, -0.2) is 0 Å². The molecule has 0 radical (unpaired) electrons. The molecule has 1 saturated heterocycles. The number of nitrogens with two attached hydrogens (primary N) is 1. The van der Waals surface area contributed by atoms with Gasteiger partial charge in [0.15, 0.2) is 0 Å². The lowest BCUT2D eigenvalue weighted by atomic mass is 9.80. The Morgan fingerprint density at radius 2 is 2.00 bits per heavy atom. The minimum atomic E-state index is 0.0685. The molecule has 2 rings (SSSR count). The van der Waals surface area contributed by atoms with Crippen molar-refractivity contribution in [2.75, 3.05) is 30.7 Å². The third kappa shape index (κ3) is 4.74. The number of hydrogen-bond acceptors (Lipinski definition) is 3. The lowest BCUT2D eigenvalue weighted by Crippen LogP contribution is -2.28. The van der Waals surface area contributed by atoms with Crippen LogP contribution in [0.15, 0.2) is 24.3 Å². The molecular weight excluding hydrogens is 262 g/mol. The summed E-state index contributed by atoms with van der Waals surface area (Å²) < 4.78 is 0. The normalized spacial score (nSPS) is 19.7. The van der Waals surface area contributed by atoms with Crippen LogP contribution in [0.5, 0.6) is 0 Å². The van der Waals surface area contributed by atoms with Crippen LogP contribution in [-0.4, -0.2) is 30.4 Å².